The van der Waals surface area contributed by atoms with Gasteiger partial charge in [-0.25, -0.2) is 0 Å². The van der Waals surface area contributed by atoms with E-state index < -0.39 is 12.0 Å². The van der Waals surface area contributed by atoms with Crippen molar-refractivity contribution in [2.24, 2.45) is 0 Å². The van der Waals surface area contributed by atoms with Crippen LogP contribution in [0.2, 0.25) is 0 Å². The van der Waals surface area contributed by atoms with Crippen LogP contribution >= 0.6 is 0 Å². The maximum atomic E-state index is 10.7. The first-order valence-electron chi connectivity index (χ1n) is 5.33. The number of hydrogen-bond donors (Lipinski definition) is 1. The van der Waals surface area contributed by atoms with Gasteiger partial charge < -0.3 is 9.63 Å². The fourth-order valence-corrected chi connectivity index (χ4v) is 1.38. The topological polar surface area (TPSA) is 79.5 Å². The summed E-state index contributed by atoms with van der Waals surface area (Å²) in [4.78, 5) is 16.6. The van der Waals surface area contributed by atoms with Crippen LogP contribution in [-0.2, 0) is 11.3 Å². The van der Waals surface area contributed by atoms with Crippen molar-refractivity contribution in [3.05, 3.63) is 11.7 Å². The molecule has 1 aromatic heterocycles. The normalized spacial score (nSPS) is 17.7. The average molecular weight is 225 g/mol. The van der Waals surface area contributed by atoms with E-state index in [2.05, 4.69) is 10.1 Å². The quantitative estimate of drug-likeness (QED) is 0.800. The number of aliphatic carboxylic acids is 1. The van der Waals surface area contributed by atoms with Gasteiger partial charge in [-0.1, -0.05) is 5.16 Å². The minimum atomic E-state index is -0.857. The lowest BCUT2D eigenvalue weighted by molar-refractivity contribution is -0.142. The van der Waals surface area contributed by atoms with Gasteiger partial charge in [-0.3, -0.25) is 9.69 Å². The first kappa shape index (κ1) is 11.1. The van der Waals surface area contributed by atoms with Crippen LogP contribution in [0.25, 0.3) is 0 Å². The summed E-state index contributed by atoms with van der Waals surface area (Å²) in [6.45, 7) is 1.99. The Morgan fingerprint density at radius 1 is 1.69 bits per heavy atom. The van der Waals surface area contributed by atoms with E-state index in [1.54, 1.807) is 18.9 Å². The van der Waals surface area contributed by atoms with Crippen molar-refractivity contribution in [1.29, 1.82) is 0 Å². The highest BCUT2D eigenvalue weighted by atomic mass is 16.5. The summed E-state index contributed by atoms with van der Waals surface area (Å²) in [5, 5.41) is 12.7. The summed E-state index contributed by atoms with van der Waals surface area (Å²) in [5.41, 5.74) is 0. The van der Waals surface area contributed by atoms with Gasteiger partial charge >= 0.3 is 5.97 Å². The lowest BCUT2D eigenvalue weighted by atomic mass is 10.3. The highest BCUT2D eigenvalue weighted by Gasteiger charge is 2.29. The van der Waals surface area contributed by atoms with E-state index in [0.717, 1.165) is 18.7 Å². The van der Waals surface area contributed by atoms with E-state index in [1.807, 2.05) is 0 Å². The van der Waals surface area contributed by atoms with Gasteiger partial charge in [0.15, 0.2) is 5.82 Å². The van der Waals surface area contributed by atoms with Gasteiger partial charge in [0.25, 0.3) is 0 Å². The summed E-state index contributed by atoms with van der Waals surface area (Å²) in [6.07, 6.45) is 2.25. The molecule has 0 radical (unpaired) electrons. The average Bonchev–Trinajstić information content (AvgIpc) is 2.99. The van der Waals surface area contributed by atoms with E-state index >= 15 is 0 Å². The third kappa shape index (κ3) is 2.38. The molecule has 0 spiro atoms. The molecule has 1 N–H and O–H groups in total. The molecule has 0 aliphatic heterocycles. The Morgan fingerprint density at radius 2 is 2.38 bits per heavy atom. The van der Waals surface area contributed by atoms with Crippen molar-refractivity contribution >= 4 is 5.97 Å². The number of nitrogens with zero attached hydrogens (tertiary/aromatic N) is 3. The molecule has 6 nitrogen and oxygen atoms in total. The number of carboxylic acids is 1. The maximum Gasteiger partial charge on any atom is 0.320 e. The smallest absolute Gasteiger partial charge is 0.320 e. The van der Waals surface area contributed by atoms with Crippen molar-refractivity contribution in [2.75, 3.05) is 7.05 Å². The SMILES string of the molecule is CC(C(=O)O)N(C)Cc1nc(C2CC2)no1. The van der Waals surface area contributed by atoms with Crippen LogP contribution in [-0.4, -0.2) is 39.2 Å². The zero-order valence-corrected chi connectivity index (χ0v) is 9.38. The van der Waals surface area contributed by atoms with Crippen LogP contribution < -0.4 is 0 Å². The molecule has 2 rings (SSSR count). The first-order chi connectivity index (χ1) is 7.58. The Bertz CT molecular complexity index is 386. The highest BCUT2D eigenvalue weighted by Crippen LogP contribution is 2.38. The van der Waals surface area contributed by atoms with E-state index in [0.29, 0.717) is 18.4 Å². The predicted molar refractivity (Wildman–Crippen MR) is 54.8 cm³/mol. The van der Waals surface area contributed by atoms with Crippen LogP contribution in [0, 0.1) is 0 Å². The maximum absolute atomic E-state index is 10.7. The van der Waals surface area contributed by atoms with E-state index in [4.69, 9.17) is 9.63 Å². The van der Waals surface area contributed by atoms with Crippen molar-refractivity contribution in [3.63, 3.8) is 0 Å². The molecule has 88 valence electrons. The van der Waals surface area contributed by atoms with Crippen LogP contribution in [0.1, 0.15) is 37.4 Å². The molecule has 1 aliphatic carbocycles. The molecule has 1 heterocycles. The Balaban J connectivity index is 1.94. The standard InChI is InChI=1S/C10H15N3O3/c1-6(10(14)15)13(2)5-8-11-9(12-16-8)7-3-4-7/h6-7H,3-5H2,1-2H3,(H,14,15). The van der Waals surface area contributed by atoms with Crippen LogP contribution in [0.4, 0.5) is 0 Å². The summed E-state index contributed by atoms with van der Waals surface area (Å²) in [5.74, 6) is 0.841. The van der Waals surface area contributed by atoms with Gasteiger partial charge in [0.1, 0.15) is 6.04 Å². The molecular formula is C10H15N3O3. The van der Waals surface area contributed by atoms with Gasteiger partial charge in [0, 0.05) is 5.92 Å². The molecule has 0 bridgehead atoms. The lowest BCUT2D eigenvalue weighted by Gasteiger charge is -2.18. The fourth-order valence-electron chi connectivity index (χ4n) is 1.38. The molecule has 0 amide bonds. The van der Waals surface area contributed by atoms with Gasteiger partial charge in [0.2, 0.25) is 5.89 Å². The molecule has 1 saturated carbocycles. The third-order valence-corrected chi connectivity index (χ3v) is 2.83. The largest absolute Gasteiger partial charge is 0.480 e. The molecule has 16 heavy (non-hydrogen) atoms. The Hall–Kier alpha value is -1.43. The summed E-state index contributed by atoms with van der Waals surface area (Å²) in [7, 11) is 1.72. The molecule has 0 saturated heterocycles. The first-order valence-corrected chi connectivity index (χ1v) is 5.33. The second-order valence-corrected chi connectivity index (χ2v) is 4.25. The number of aromatic nitrogens is 2. The Kier molecular flexibility index (Phi) is 2.91. The monoisotopic (exact) mass is 225 g/mol. The highest BCUT2D eigenvalue weighted by molar-refractivity contribution is 5.72. The third-order valence-electron chi connectivity index (χ3n) is 2.83. The zero-order chi connectivity index (χ0) is 11.7. The van der Waals surface area contributed by atoms with Gasteiger partial charge in [-0.15, -0.1) is 0 Å². The van der Waals surface area contributed by atoms with Gasteiger partial charge in [-0.2, -0.15) is 4.98 Å². The Labute approximate surface area is 93.2 Å². The second kappa shape index (κ2) is 4.21. The van der Waals surface area contributed by atoms with Crippen LogP contribution in [0.15, 0.2) is 4.52 Å². The number of carboxylic acid groups (broad SMARTS) is 1. The molecule has 1 aliphatic rings. The van der Waals surface area contributed by atoms with Crippen molar-refractivity contribution in [3.8, 4) is 0 Å². The molecule has 6 heteroatoms. The lowest BCUT2D eigenvalue weighted by Crippen LogP contribution is -2.35. The van der Waals surface area contributed by atoms with Gasteiger partial charge in [-0.05, 0) is 26.8 Å². The molecule has 1 unspecified atom stereocenters. The summed E-state index contributed by atoms with van der Waals surface area (Å²) < 4.78 is 5.07. The number of carbonyl (C=O) groups is 1. The number of hydrogen-bond acceptors (Lipinski definition) is 5. The fraction of sp³-hybridized carbons (Fsp3) is 0.700. The zero-order valence-electron chi connectivity index (χ0n) is 9.38. The van der Waals surface area contributed by atoms with Crippen molar-refractivity contribution in [2.45, 2.75) is 38.3 Å². The van der Waals surface area contributed by atoms with Crippen LogP contribution in [0.3, 0.4) is 0 Å². The molecule has 0 aromatic carbocycles. The summed E-state index contributed by atoms with van der Waals surface area (Å²) >= 11 is 0. The Morgan fingerprint density at radius 3 is 2.94 bits per heavy atom. The summed E-state index contributed by atoms with van der Waals surface area (Å²) in [6, 6.07) is -0.559. The number of rotatable bonds is 5. The second-order valence-electron chi connectivity index (χ2n) is 4.25. The predicted octanol–water partition coefficient (Wildman–Crippen LogP) is 0.852. The minimum Gasteiger partial charge on any atom is -0.480 e. The number of likely N-dealkylation sites (N-methyl/N-ethyl adjacent to an activating group) is 1. The molecule has 1 fully saturated rings. The van der Waals surface area contributed by atoms with E-state index in [1.165, 1.54) is 0 Å². The van der Waals surface area contributed by atoms with E-state index in [-0.39, 0.29) is 0 Å². The molecule has 1 atom stereocenters. The minimum absolute atomic E-state index is 0.368. The van der Waals surface area contributed by atoms with Gasteiger partial charge in [0.05, 0.1) is 6.54 Å². The molecule has 1 aromatic rings. The molecular weight excluding hydrogens is 210 g/mol. The van der Waals surface area contributed by atoms with Crippen molar-refractivity contribution < 1.29 is 14.4 Å². The van der Waals surface area contributed by atoms with Crippen LogP contribution in [0.5, 0.6) is 0 Å². The van der Waals surface area contributed by atoms with Crippen molar-refractivity contribution in [1.82, 2.24) is 15.0 Å². The van der Waals surface area contributed by atoms with E-state index in [9.17, 15) is 4.79 Å².